The molecule has 2 unspecified atom stereocenters. The van der Waals surface area contributed by atoms with Crippen molar-refractivity contribution >= 4 is 0 Å². The van der Waals surface area contributed by atoms with Gasteiger partial charge >= 0.3 is 0 Å². The monoisotopic (exact) mass is 259 g/mol. The van der Waals surface area contributed by atoms with Gasteiger partial charge in [0.1, 0.15) is 17.7 Å². The Labute approximate surface area is 113 Å². The van der Waals surface area contributed by atoms with Crippen LogP contribution in [-0.4, -0.2) is 6.10 Å². The van der Waals surface area contributed by atoms with E-state index in [0.29, 0.717) is 0 Å². The predicted octanol–water partition coefficient (Wildman–Crippen LogP) is 3.60. The summed E-state index contributed by atoms with van der Waals surface area (Å²) in [5.41, 5.74) is 8.13. The summed E-state index contributed by atoms with van der Waals surface area (Å²) < 4.78 is 18.7. The zero-order valence-electron chi connectivity index (χ0n) is 11.1. The average molecular weight is 259 g/mol. The van der Waals surface area contributed by atoms with E-state index in [1.54, 1.807) is 12.1 Å². The third-order valence-electron chi connectivity index (χ3n) is 3.07. The molecule has 0 aliphatic carbocycles. The van der Waals surface area contributed by atoms with E-state index in [0.717, 1.165) is 16.9 Å². The highest BCUT2D eigenvalue weighted by Crippen LogP contribution is 2.21. The van der Waals surface area contributed by atoms with Crippen LogP contribution in [0.2, 0.25) is 0 Å². The van der Waals surface area contributed by atoms with Gasteiger partial charge in [0, 0.05) is 0 Å². The molecule has 100 valence electrons. The molecule has 3 heteroatoms. The van der Waals surface area contributed by atoms with Crippen molar-refractivity contribution in [3.05, 3.63) is 65.5 Å². The number of aryl methyl sites for hydroxylation is 1. The number of rotatable bonds is 4. The molecule has 0 heterocycles. The van der Waals surface area contributed by atoms with Crippen LogP contribution >= 0.6 is 0 Å². The molecule has 2 atom stereocenters. The van der Waals surface area contributed by atoms with E-state index in [9.17, 15) is 4.39 Å². The lowest BCUT2D eigenvalue weighted by Gasteiger charge is -2.22. The number of benzene rings is 2. The van der Waals surface area contributed by atoms with Crippen molar-refractivity contribution in [3.63, 3.8) is 0 Å². The van der Waals surface area contributed by atoms with Crippen molar-refractivity contribution in [1.29, 1.82) is 0 Å². The lowest BCUT2D eigenvalue weighted by Crippen LogP contribution is -2.28. The number of nitrogens with two attached hydrogens (primary N) is 1. The second-order valence-corrected chi connectivity index (χ2v) is 4.72. The minimum Gasteiger partial charge on any atom is -0.489 e. The highest BCUT2D eigenvalue weighted by Gasteiger charge is 2.16. The molecule has 0 saturated carbocycles. The smallest absolute Gasteiger partial charge is 0.123 e. The summed E-state index contributed by atoms with van der Waals surface area (Å²) in [6, 6.07) is 13.7. The van der Waals surface area contributed by atoms with Crippen LogP contribution < -0.4 is 10.5 Å². The van der Waals surface area contributed by atoms with Crippen LogP contribution in [0, 0.1) is 12.7 Å². The first-order chi connectivity index (χ1) is 9.06. The Kier molecular flexibility index (Phi) is 4.17. The molecule has 19 heavy (non-hydrogen) atoms. The second kappa shape index (κ2) is 5.85. The van der Waals surface area contributed by atoms with Gasteiger partial charge < -0.3 is 10.5 Å². The zero-order valence-corrected chi connectivity index (χ0v) is 11.1. The summed E-state index contributed by atoms with van der Waals surface area (Å²) in [6.07, 6.45) is -0.188. The van der Waals surface area contributed by atoms with Crippen molar-refractivity contribution in [2.24, 2.45) is 5.73 Å². The number of halogens is 1. The predicted molar refractivity (Wildman–Crippen MR) is 74.6 cm³/mol. The second-order valence-electron chi connectivity index (χ2n) is 4.72. The van der Waals surface area contributed by atoms with Crippen molar-refractivity contribution in [1.82, 2.24) is 0 Å². The fraction of sp³-hybridized carbons (Fsp3) is 0.250. The lowest BCUT2D eigenvalue weighted by atomic mass is 10.0. The molecule has 2 rings (SSSR count). The molecule has 0 spiro atoms. The van der Waals surface area contributed by atoms with Crippen molar-refractivity contribution < 1.29 is 9.13 Å². The normalized spacial score (nSPS) is 13.9. The Morgan fingerprint density at radius 3 is 2.42 bits per heavy atom. The number of hydrogen-bond donors (Lipinski definition) is 1. The highest BCUT2D eigenvalue weighted by atomic mass is 19.1. The Balaban J connectivity index is 2.07. The van der Waals surface area contributed by atoms with Crippen molar-refractivity contribution in [2.45, 2.75) is 26.0 Å². The van der Waals surface area contributed by atoms with E-state index in [-0.39, 0.29) is 18.0 Å². The van der Waals surface area contributed by atoms with Crippen LogP contribution in [0.4, 0.5) is 4.39 Å². The van der Waals surface area contributed by atoms with E-state index >= 15 is 0 Å². The van der Waals surface area contributed by atoms with Crippen molar-refractivity contribution in [3.8, 4) is 5.75 Å². The molecule has 2 aromatic carbocycles. The third-order valence-corrected chi connectivity index (χ3v) is 3.07. The molecule has 2 aromatic rings. The van der Waals surface area contributed by atoms with Crippen LogP contribution in [-0.2, 0) is 0 Å². The van der Waals surface area contributed by atoms with E-state index < -0.39 is 0 Å². The molecule has 0 aromatic heterocycles. The summed E-state index contributed by atoms with van der Waals surface area (Å²) in [4.78, 5) is 0. The van der Waals surface area contributed by atoms with E-state index in [2.05, 4.69) is 0 Å². The zero-order chi connectivity index (χ0) is 13.8. The quantitative estimate of drug-likeness (QED) is 0.910. The topological polar surface area (TPSA) is 35.2 Å². The Bertz CT molecular complexity index is 539. The number of ether oxygens (including phenoxy) is 1. The van der Waals surface area contributed by atoms with Gasteiger partial charge in [-0.25, -0.2) is 4.39 Å². The van der Waals surface area contributed by atoms with Gasteiger partial charge in [-0.3, -0.25) is 0 Å². The number of hydrogen-bond acceptors (Lipinski definition) is 2. The first-order valence-corrected chi connectivity index (χ1v) is 6.30. The summed E-state index contributed by atoms with van der Waals surface area (Å²) in [5, 5.41) is 0. The van der Waals surface area contributed by atoms with Crippen LogP contribution in [0.1, 0.15) is 24.1 Å². The highest BCUT2D eigenvalue weighted by molar-refractivity contribution is 5.28. The third kappa shape index (κ3) is 3.55. The fourth-order valence-electron chi connectivity index (χ4n) is 1.93. The summed E-state index contributed by atoms with van der Waals surface area (Å²) in [5.74, 6) is 0.535. The maximum atomic E-state index is 12.9. The SMILES string of the molecule is Cc1cccc(OC(C)C(N)c2ccc(F)cc2)c1. The fourth-order valence-corrected chi connectivity index (χ4v) is 1.93. The molecule has 0 amide bonds. The standard InChI is InChI=1S/C16H18FNO/c1-11-4-3-5-15(10-11)19-12(2)16(18)13-6-8-14(17)9-7-13/h3-10,12,16H,18H2,1-2H3. The summed E-state index contributed by atoms with van der Waals surface area (Å²) >= 11 is 0. The Morgan fingerprint density at radius 1 is 1.11 bits per heavy atom. The van der Waals surface area contributed by atoms with Crippen molar-refractivity contribution in [2.75, 3.05) is 0 Å². The van der Waals surface area contributed by atoms with E-state index in [1.165, 1.54) is 12.1 Å². The van der Waals surface area contributed by atoms with Gasteiger partial charge in [0.15, 0.2) is 0 Å². The molecule has 0 aliphatic heterocycles. The van der Waals surface area contributed by atoms with Crippen LogP contribution in [0.15, 0.2) is 48.5 Å². The lowest BCUT2D eigenvalue weighted by molar-refractivity contribution is 0.190. The van der Waals surface area contributed by atoms with Crippen LogP contribution in [0.5, 0.6) is 5.75 Å². The molecule has 0 bridgehead atoms. The minimum absolute atomic E-state index is 0.188. The molecular formula is C16H18FNO. The summed E-state index contributed by atoms with van der Waals surface area (Å²) in [6.45, 7) is 3.92. The maximum absolute atomic E-state index is 12.9. The molecule has 0 aliphatic rings. The first kappa shape index (κ1) is 13.6. The van der Waals surface area contributed by atoms with Gasteiger partial charge in [-0.1, -0.05) is 24.3 Å². The molecular weight excluding hydrogens is 241 g/mol. The molecule has 0 saturated heterocycles. The van der Waals surface area contributed by atoms with Gasteiger partial charge in [-0.15, -0.1) is 0 Å². The van der Waals surface area contributed by atoms with Gasteiger partial charge in [-0.2, -0.15) is 0 Å². The average Bonchev–Trinajstić information content (AvgIpc) is 2.39. The van der Waals surface area contributed by atoms with E-state index in [1.807, 2.05) is 38.1 Å². The molecule has 2 N–H and O–H groups in total. The summed E-state index contributed by atoms with van der Waals surface area (Å²) in [7, 11) is 0. The molecule has 2 nitrogen and oxygen atoms in total. The molecule has 0 radical (unpaired) electrons. The maximum Gasteiger partial charge on any atom is 0.123 e. The van der Waals surface area contributed by atoms with Gasteiger partial charge in [0.05, 0.1) is 6.04 Å². The van der Waals surface area contributed by atoms with Crippen LogP contribution in [0.25, 0.3) is 0 Å². The van der Waals surface area contributed by atoms with Gasteiger partial charge in [-0.05, 0) is 49.2 Å². The first-order valence-electron chi connectivity index (χ1n) is 6.30. The Hall–Kier alpha value is -1.87. The Morgan fingerprint density at radius 2 is 1.79 bits per heavy atom. The molecule has 0 fully saturated rings. The van der Waals surface area contributed by atoms with Crippen LogP contribution in [0.3, 0.4) is 0 Å². The largest absolute Gasteiger partial charge is 0.489 e. The van der Waals surface area contributed by atoms with E-state index in [4.69, 9.17) is 10.5 Å². The minimum atomic E-state index is -0.291. The van der Waals surface area contributed by atoms with Gasteiger partial charge in [0.2, 0.25) is 0 Å². The van der Waals surface area contributed by atoms with Gasteiger partial charge in [0.25, 0.3) is 0 Å².